The number of hydrogen-bond donors (Lipinski definition) is 1. The molecule has 6 heteroatoms. The van der Waals surface area contributed by atoms with Crippen molar-refractivity contribution < 1.29 is 14.3 Å². The van der Waals surface area contributed by atoms with E-state index in [1.165, 1.54) is 7.11 Å². The normalized spacial score (nSPS) is 11.6. The number of esters is 1. The number of benzene rings is 1. The molecule has 1 aromatic rings. The zero-order chi connectivity index (χ0) is 17.9. The average Bonchev–Trinajstić information content (AvgIpc) is 2.55. The highest BCUT2D eigenvalue weighted by molar-refractivity contribution is 9.11. The number of nitrogens with one attached hydrogen (secondary N) is 1. The van der Waals surface area contributed by atoms with Crippen LogP contribution in [0.3, 0.4) is 0 Å². The van der Waals surface area contributed by atoms with Gasteiger partial charge in [0, 0.05) is 14.5 Å². The van der Waals surface area contributed by atoms with E-state index in [4.69, 9.17) is 4.74 Å². The Hall–Kier alpha value is -1.14. The van der Waals surface area contributed by atoms with Gasteiger partial charge in [-0.1, -0.05) is 57.2 Å². The molecule has 1 rings (SSSR count). The Kier molecular flexibility index (Phi) is 9.95. The molecule has 0 spiro atoms. The Bertz CT molecular complexity index is 555. The molecule has 0 aliphatic heterocycles. The number of unbranched alkanes of at least 4 members (excludes halogenated alkanes) is 4. The molecule has 0 bridgehead atoms. The van der Waals surface area contributed by atoms with Gasteiger partial charge in [0.2, 0.25) is 0 Å². The molecule has 0 fully saturated rings. The van der Waals surface area contributed by atoms with Crippen LogP contribution in [-0.4, -0.2) is 25.0 Å². The SMILES string of the molecule is C=CCCCCCC[C@@H](NC(=O)c1cc(Br)cc(Br)c1)C(=O)OC. The van der Waals surface area contributed by atoms with Crippen molar-refractivity contribution in [2.45, 2.75) is 44.6 Å². The number of ether oxygens (including phenoxy) is 1. The number of rotatable bonds is 10. The third kappa shape index (κ3) is 7.62. The van der Waals surface area contributed by atoms with Crippen molar-refractivity contribution >= 4 is 43.7 Å². The molecule has 0 radical (unpaired) electrons. The summed E-state index contributed by atoms with van der Waals surface area (Å²) in [5, 5.41) is 2.77. The van der Waals surface area contributed by atoms with Gasteiger partial charge in [-0.15, -0.1) is 6.58 Å². The Morgan fingerprint density at radius 2 is 1.79 bits per heavy atom. The smallest absolute Gasteiger partial charge is 0.328 e. The summed E-state index contributed by atoms with van der Waals surface area (Å²) in [5.41, 5.74) is 0.483. The first-order chi connectivity index (χ1) is 11.5. The first-order valence-corrected chi connectivity index (χ1v) is 9.52. The second kappa shape index (κ2) is 11.4. The lowest BCUT2D eigenvalue weighted by molar-refractivity contribution is -0.143. The molecule has 132 valence electrons. The van der Waals surface area contributed by atoms with E-state index in [0.717, 1.165) is 41.0 Å². The molecule has 1 aromatic carbocycles. The fourth-order valence-corrected chi connectivity index (χ4v) is 3.60. The number of carbonyl (C=O) groups is 2. The van der Waals surface area contributed by atoms with Crippen molar-refractivity contribution in [1.82, 2.24) is 5.32 Å². The monoisotopic (exact) mass is 459 g/mol. The second-order valence-electron chi connectivity index (χ2n) is 5.49. The summed E-state index contributed by atoms with van der Waals surface area (Å²) < 4.78 is 6.39. The molecule has 0 aromatic heterocycles. The van der Waals surface area contributed by atoms with Crippen LogP contribution in [0.4, 0.5) is 0 Å². The van der Waals surface area contributed by atoms with Gasteiger partial charge in [-0.2, -0.15) is 0 Å². The molecule has 0 aliphatic rings. The van der Waals surface area contributed by atoms with Crippen molar-refractivity contribution in [3.8, 4) is 0 Å². The molecular formula is C18H23Br2NO3. The highest BCUT2D eigenvalue weighted by atomic mass is 79.9. The maximum absolute atomic E-state index is 12.4. The van der Waals surface area contributed by atoms with Gasteiger partial charge >= 0.3 is 5.97 Å². The predicted molar refractivity (Wildman–Crippen MR) is 103 cm³/mol. The topological polar surface area (TPSA) is 55.4 Å². The zero-order valence-corrected chi connectivity index (χ0v) is 17.0. The second-order valence-corrected chi connectivity index (χ2v) is 7.32. The Morgan fingerprint density at radius 1 is 1.17 bits per heavy atom. The van der Waals surface area contributed by atoms with Gasteiger partial charge < -0.3 is 10.1 Å². The lowest BCUT2D eigenvalue weighted by Gasteiger charge is -2.16. The van der Waals surface area contributed by atoms with E-state index >= 15 is 0 Å². The van der Waals surface area contributed by atoms with Crippen LogP contribution in [0, 0.1) is 0 Å². The van der Waals surface area contributed by atoms with Crippen LogP contribution < -0.4 is 5.32 Å². The molecule has 0 aliphatic carbocycles. The molecule has 1 atom stereocenters. The Morgan fingerprint density at radius 3 is 2.38 bits per heavy atom. The molecule has 24 heavy (non-hydrogen) atoms. The fourth-order valence-electron chi connectivity index (χ4n) is 2.31. The molecule has 0 saturated heterocycles. The minimum atomic E-state index is -0.625. The van der Waals surface area contributed by atoms with E-state index in [9.17, 15) is 9.59 Å². The van der Waals surface area contributed by atoms with E-state index in [1.807, 2.05) is 12.1 Å². The van der Waals surface area contributed by atoms with Crippen LogP contribution in [0.25, 0.3) is 0 Å². The molecule has 0 heterocycles. The molecule has 0 saturated carbocycles. The first kappa shape index (κ1) is 20.9. The van der Waals surface area contributed by atoms with Crippen molar-refractivity contribution in [3.05, 3.63) is 45.4 Å². The number of amides is 1. The Labute approximate surface area is 160 Å². The van der Waals surface area contributed by atoms with E-state index in [0.29, 0.717) is 12.0 Å². The van der Waals surface area contributed by atoms with Crippen LogP contribution in [0.1, 0.15) is 48.9 Å². The summed E-state index contributed by atoms with van der Waals surface area (Å²) in [5.74, 6) is -0.706. The molecule has 0 unspecified atom stereocenters. The summed E-state index contributed by atoms with van der Waals surface area (Å²) in [7, 11) is 1.33. The first-order valence-electron chi connectivity index (χ1n) is 7.93. The summed E-state index contributed by atoms with van der Waals surface area (Å²) in [6.45, 7) is 3.70. The summed E-state index contributed by atoms with van der Waals surface area (Å²) in [4.78, 5) is 24.3. The van der Waals surface area contributed by atoms with Gasteiger partial charge in [0.05, 0.1) is 7.11 Å². The highest BCUT2D eigenvalue weighted by Gasteiger charge is 2.22. The predicted octanol–water partition coefficient (Wildman–Crippen LogP) is 5.01. The summed E-state index contributed by atoms with van der Waals surface area (Å²) in [6, 6.07) is 4.64. The highest BCUT2D eigenvalue weighted by Crippen LogP contribution is 2.20. The van der Waals surface area contributed by atoms with Crippen LogP contribution in [0.2, 0.25) is 0 Å². The van der Waals surface area contributed by atoms with Gasteiger partial charge in [-0.25, -0.2) is 4.79 Å². The summed E-state index contributed by atoms with van der Waals surface area (Å²) in [6.07, 6.45) is 7.56. The quantitative estimate of drug-likeness (QED) is 0.303. The van der Waals surface area contributed by atoms with Crippen LogP contribution >= 0.6 is 31.9 Å². The lowest BCUT2D eigenvalue weighted by atomic mass is 10.1. The lowest BCUT2D eigenvalue weighted by Crippen LogP contribution is -2.41. The van der Waals surface area contributed by atoms with E-state index in [2.05, 4.69) is 43.8 Å². The van der Waals surface area contributed by atoms with Crippen LogP contribution in [0.15, 0.2) is 39.8 Å². The van der Waals surface area contributed by atoms with E-state index < -0.39 is 12.0 Å². The maximum atomic E-state index is 12.4. The van der Waals surface area contributed by atoms with Crippen molar-refractivity contribution in [3.63, 3.8) is 0 Å². The third-order valence-corrected chi connectivity index (χ3v) is 4.48. The zero-order valence-electron chi connectivity index (χ0n) is 13.8. The van der Waals surface area contributed by atoms with Crippen molar-refractivity contribution in [2.75, 3.05) is 7.11 Å². The van der Waals surface area contributed by atoms with E-state index in [1.54, 1.807) is 12.1 Å². The largest absolute Gasteiger partial charge is 0.467 e. The Balaban J connectivity index is 2.60. The number of carbonyl (C=O) groups excluding carboxylic acids is 2. The van der Waals surface area contributed by atoms with Crippen LogP contribution in [-0.2, 0) is 9.53 Å². The molecular weight excluding hydrogens is 438 g/mol. The van der Waals surface area contributed by atoms with Gasteiger partial charge in [0.1, 0.15) is 6.04 Å². The maximum Gasteiger partial charge on any atom is 0.328 e. The molecule has 1 N–H and O–H groups in total. The average molecular weight is 461 g/mol. The summed E-state index contributed by atoms with van der Waals surface area (Å²) >= 11 is 6.71. The van der Waals surface area contributed by atoms with E-state index in [-0.39, 0.29) is 5.91 Å². The third-order valence-electron chi connectivity index (χ3n) is 3.57. The van der Waals surface area contributed by atoms with Gasteiger partial charge in [-0.05, 0) is 37.5 Å². The number of allylic oxidation sites excluding steroid dienone is 1. The van der Waals surface area contributed by atoms with Crippen LogP contribution in [0.5, 0.6) is 0 Å². The van der Waals surface area contributed by atoms with Gasteiger partial charge in [0.15, 0.2) is 0 Å². The number of hydrogen-bond acceptors (Lipinski definition) is 3. The van der Waals surface area contributed by atoms with Gasteiger partial charge in [0.25, 0.3) is 5.91 Å². The fraction of sp³-hybridized carbons (Fsp3) is 0.444. The minimum Gasteiger partial charge on any atom is -0.467 e. The van der Waals surface area contributed by atoms with Gasteiger partial charge in [-0.3, -0.25) is 4.79 Å². The molecule has 1 amide bonds. The van der Waals surface area contributed by atoms with Crippen molar-refractivity contribution in [1.29, 1.82) is 0 Å². The standard InChI is InChI=1S/C18H23Br2NO3/c1-3-4-5-6-7-8-9-16(18(23)24-2)21-17(22)13-10-14(19)12-15(20)11-13/h3,10-12,16H,1,4-9H2,2H3,(H,21,22)/t16-/m1/s1. The minimum absolute atomic E-state index is 0.293. The number of methoxy groups -OCH3 is 1. The molecule has 4 nitrogen and oxygen atoms in total. The number of halogens is 2. The van der Waals surface area contributed by atoms with Crippen molar-refractivity contribution in [2.24, 2.45) is 0 Å².